The quantitative estimate of drug-likeness (QED) is 0.595. The van der Waals surface area contributed by atoms with Crippen LogP contribution >= 0.6 is 0 Å². The number of hydrogen-bond acceptors (Lipinski definition) is 2. The zero-order valence-electron chi connectivity index (χ0n) is 8.68. The number of benzene rings is 1. The maximum absolute atomic E-state index is 10.3. The minimum absolute atomic E-state index is 0.0619. The van der Waals surface area contributed by atoms with Crippen LogP contribution < -0.4 is 0 Å². The van der Waals surface area contributed by atoms with Gasteiger partial charge in [0.1, 0.15) is 0 Å². The third-order valence-electron chi connectivity index (χ3n) is 1.80. The van der Waals surface area contributed by atoms with Gasteiger partial charge < -0.3 is 10.2 Å². The van der Waals surface area contributed by atoms with Gasteiger partial charge in [-0.2, -0.15) is 0 Å². The first kappa shape index (κ1) is 12.0. The van der Waals surface area contributed by atoms with Crippen LogP contribution in [0.25, 0.3) is 6.08 Å². The Balaban J connectivity index is 2.69. The van der Waals surface area contributed by atoms with Crippen molar-refractivity contribution in [2.45, 2.75) is 6.42 Å². The summed E-state index contributed by atoms with van der Waals surface area (Å²) in [5, 5.41) is 17.0. The van der Waals surface area contributed by atoms with E-state index < -0.39 is 5.97 Å². The number of carbonyl (C=O) groups is 1. The molecule has 3 heteroatoms. The summed E-state index contributed by atoms with van der Waals surface area (Å²) in [5.41, 5.74) is 1.66. The number of hydrogen-bond donors (Lipinski definition) is 2. The maximum atomic E-state index is 10.3. The van der Waals surface area contributed by atoms with E-state index in [1.165, 1.54) is 6.08 Å². The van der Waals surface area contributed by atoms with Crippen molar-refractivity contribution in [3.8, 4) is 11.8 Å². The van der Waals surface area contributed by atoms with Gasteiger partial charge in [0.25, 0.3) is 0 Å². The molecule has 0 amide bonds. The number of carboxylic acids is 1. The first-order valence-electron chi connectivity index (χ1n) is 4.83. The molecule has 0 heterocycles. The number of carboxylic acid groups (broad SMARTS) is 1. The van der Waals surface area contributed by atoms with Gasteiger partial charge in [-0.05, 0) is 23.8 Å². The molecule has 0 aliphatic carbocycles. The zero-order valence-corrected chi connectivity index (χ0v) is 8.68. The second-order valence-corrected chi connectivity index (χ2v) is 3.07. The van der Waals surface area contributed by atoms with Crippen molar-refractivity contribution in [3.05, 3.63) is 41.5 Å². The van der Waals surface area contributed by atoms with Crippen LogP contribution in [0.2, 0.25) is 0 Å². The highest BCUT2D eigenvalue weighted by Gasteiger charge is 1.90. The van der Waals surface area contributed by atoms with Gasteiger partial charge in [0.05, 0.1) is 6.61 Å². The molecular formula is C13H12O3. The predicted molar refractivity (Wildman–Crippen MR) is 61.7 cm³/mol. The Morgan fingerprint density at radius 3 is 2.56 bits per heavy atom. The van der Waals surface area contributed by atoms with Gasteiger partial charge in [0.15, 0.2) is 0 Å². The van der Waals surface area contributed by atoms with Crippen molar-refractivity contribution >= 4 is 12.0 Å². The molecule has 0 atom stereocenters. The Bertz CT molecular complexity index is 432. The van der Waals surface area contributed by atoms with Gasteiger partial charge in [0.2, 0.25) is 0 Å². The molecule has 0 fully saturated rings. The Hall–Kier alpha value is -2.05. The van der Waals surface area contributed by atoms with Crippen molar-refractivity contribution < 1.29 is 15.0 Å². The van der Waals surface area contributed by atoms with Gasteiger partial charge in [-0.25, -0.2) is 4.79 Å². The zero-order chi connectivity index (χ0) is 11.8. The van der Waals surface area contributed by atoms with Gasteiger partial charge >= 0.3 is 5.97 Å². The summed E-state index contributed by atoms with van der Waals surface area (Å²) in [7, 11) is 0. The van der Waals surface area contributed by atoms with Crippen LogP contribution in [0.15, 0.2) is 30.3 Å². The molecule has 0 saturated heterocycles. The average Bonchev–Trinajstić information content (AvgIpc) is 2.28. The van der Waals surface area contributed by atoms with Crippen molar-refractivity contribution in [1.82, 2.24) is 0 Å². The molecule has 0 aromatic heterocycles. The Labute approximate surface area is 94.0 Å². The van der Waals surface area contributed by atoms with Crippen molar-refractivity contribution in [2.24, 2.45) is 0 Å². The topological polar surface area (TPSA) is 57.5 Å². The number of rotatable bonds is 3. The molecule has 1 aromatic carbocycles. The lowest BCUT2D eigenvalue weighted by Crippen LogP contribution is -1.85. The average molecular weight is 216 g/mol. The molecule has 2 N–H and O–H groups in total. The molecular weight excluding hydrogens is 204 g/mol. The molecule has 0 saturated carbocycles. The first-order valence-corrected chi connectivity index (χ1v) is 4.83. The highest BCUT2D eigenvalue weighted by atomic mass is 16.4. The van der Waals surface area contributed by atoms with Crippen LogP contribution in [-0.2, 0) is 4.79 Å². The SMILES string of the molecule is O=C(O)/C=C/c1ccc(C#CCCO)cc1. The van der Waals surface area contributed by atoms with E-state index in [0.717, 1.165) is 17.2 Å². The van der Waals surface area contributed by atoms with Gasteiger partial charge in [0, 0.05) is 18.1 Å². The summed E-state index contributed by atoms with van der Waals surface area (Å²) >= 11 is 0. The van der Waals surface area contributed by atoms with Crippen LogP contribution in [0.3, 0.4) is 0 Å². The van der Waals surface area contributed by atoms with Crippen LogP contribution in [-0.4, -0.2) is 22.8 Å². The normalized spacial score (nSPS) is 9.81. The summed E-state index contributed by atoms with van der Waals surface area (Å²) in [6.45, 7) is 0.0619. The fourth-order valence-corrected chi connectivity index (χ4v) is 1.07. The molecule has 0 unspecified atom stereocenters. The van der Waals surface area contributed by atoms with Crippen molar-refractivity contribution in [1.29, 1.82) is 0 Å². The maximum Gasteiger partial charge on any atom is 0.328 e. The Morgan fingerprint density at radius 1 is 1.31 bits per heavy atom. The molecule has 16 heavy (non-hydrogen) atoms. The van der Waals surface area contributed by atoms with Crippen molar-refractivity contribution in [3.63, 3.8) is 0 Å². The van der Waals surface area contributed by atoms with E-state index in [9.17, 15) is 4.79 Å². The standard InChI is InChI=1S/C13H12O3/c14-10-2-1-3-11-4-6-12(7-5-11)8-9-13(15)16/h4-9,14H,2,10H2,(H,15,16)/b9-8+. The summed E-state index contributed by atoms with van der Waals surface area (Å²) in [6.07, 6.45) is 3.07. The fourth-order valence-electron chi connectivity index (χ4n) is 1.07. The number of aliphatic hydroxyl groups excluding tert-OH is 1. The largest absolute Gasteiger partial charge is 0.478 e. The van der Waals surface area contributed by atoms with E-state index in [1.54, 1.807) is 12.1 Å². The summed E-state index contributed by atoms with van der Waals surface area (Å²) < 4.78 is 0. The van der Waals surface area contributed by atoms with E-state index >= 15 is 0 Å². The Kier molecular flexibility index (Phi) is 4.84. The van der Waals surface area contributed by atoms with Crippen LogP contribution in [0.4, 0.5) is 0 Å². The number of aliphatic hydroxyl groups is 1. The highest BCUT2D eigenvalue weighted by Crippen LogP contribution is 2.05. The molecule has 0 bridgehead atoms. The van der Waals surface area contributed by atoms with Crippen LogP contribution in [0.1, 0.15) is 17.5 Å². The summed E-state index contributed by atoms with van der Waals surface area (Å²) in [6, 6.07) is 7.21. The van der Waals surface area contributed by atoms with E-state index in [2.05, 4.69) is 11.8 Å². The minimum Gasteiger partial charge on any atom is -0.478 e. The lowest BCUT2D eigenvalue weighted by Gasteiger charge is -1.93. The molecule has 0 aliphatic heterocycles. The highest BCUT2D eigenvalue weighted by molar-refractivity contribution is 5.85. The summed E-state index contributed by atoms with van der Waals surface area (Å²) in [4.78, 5) is 10.3. The van der Waals surface area contributed by atoms with E-state index in [4.69, 9.17) is 10.2 Å². The third kappa shape index (κ3) is 4.45. The molecule has 1 aromatic rings. The van der Waals surface area contributed by atoms with E-state index in [0.29, 0.717) is 6.42 Å². The van der Waals surface area contributed by atoms with Gasteiger partial charge in [-0.1, -0.05) is 24.0 Å². The molecule has 0 aliphatic rings. The number of aliphatic carboxylic acids is 1. The third-order valence-corrected chi connectivity index (χ3v) is 1.80. The molecule has 82 valence electrons. The fraction of sp³-hybridized carbons (Fsp3) is 0.154. The first-order chi connectivity index (χ1) is 7.72. The van der Waals surface area contributed by atoms with Crippen LogP contribution in [0.5, 0.6) is 0 Å². The van der Waals surface area contributed by atoms with E-state index in [-0.39, 0.29) is 6.61 Å². The van der Waals surface area contributed by atoms with E-state index in [1.807, 2.05) is 12.1 Å². The predicted octanol–water partition coefficient (Wildman–Crippen LogP) is 1.52. The Morgan fingerprint density at radius 2 is 2.00 bits per heavy atom. The second kappa shape index (κ2) is 6.44. The smallest absolute Gasteiger partial charge is 0.328 e. The van der Waals surface area contributed by atoms with Gasteiger partial charge in [-0.3, -0.25) is 0 Å². The van der Waals surface area contributed by atoms with Gasteiger partial charge in [-0.15, -0.1) is 0 Å². The molecule has 0 spiro atoms. The molecule has 1 rings (SSSR count). The molecule has 0 radical (unpaired) electrons. The van der Waals surface area contributed by atoms with Crippen LogP contribution in [0, 0.1) is 11.8 Å². The monoisotopic (exact) mass is 216 g/mol. The van der Waals surface area contributed by atoms with Crippen molar-refractivity contribution in [2.75, 3.05) is 6.61 Å². The minimum atomic E-state index is -0.966. The summed E-state index contributed by atoms with van der Waals surface area (Å²) in [5.74, 6) is 4.73. The lowest BCUT2D eigenvalue weighted by molar-refractivity contribution is -0.131. The molecule has 3 nitrogen and oxygen atoms in total. The second-order valence-electron chi connectivity index (χ2n) is 3.07. The lowest BCUT2D eigenvalue weighted by atomic mass is 10.1.